The quantitative estimate of drug-likeness (QED) is 0.644. The molecule has 32 heavy (non-hydrogen) atoms. The number of ether oxygens (including phenoxy) is 1. The number of hydrogen-bond donors (Lipinski definition) is 1. The first-order valence-electron chi connectivity index (χ1n) is 9.84. The zero-order chi connectivity index (χ0) is 22.7. The lowest BCUT2D eigenvalue weighted by Gasteiger charge is -2.35. The average Bonchev–Trinajstić information content (AvgIpc) is 3.31. The lowest BCUT2D eigenvalue weighted by molar-refractivity contribution is -0.274. The van der Waals surface area contributed by atoms with E-state index in [9.17, 15) is 22.8 Å². The first kappa shape index (κ1) is 21.5. The molecule has 1 unspecified atom stereocenters. The van der Waals surface area contributed by atoms with Gasteiger partial charge in [-0.25, -0.2) is 0 Å². The predicted molar refractivity (Wildman–Crippen MR) is 107 cm³/mol. The molecule has 0 saturated carbocycles. The molecular weight excluding hydrogens is 425 g/mol. The summed E-state index contributed by atoms with van der Waals surface area (Å²) in [6, 6.07) is 15.3. The Bertz CT molecular complexity index is 1110. The fourth-order valence-corrected chi connectivity index (χ4v) is 3.69. The highest BCUT2D eigenvalue weighted by molar-refractivity contribution is 5.96. The zero-order valence-electron chi connectivity index (χ0n) is 16.8. The van der Waals surface area contributed by atoms with Crippen LogP contribution < -0.4 is 10.1 Å². The predicted octanol–water partition coefficient (Wildman–Crippen LogP) is 4.06. The summed E-state index contributed by atoms with van der Waals surface area (Å²) in [4.78, 5) is 27.5. The van der Waals surface area contributed by atoms with Gasteiger partial charge in [0.05, 0.1) is 6.26 Å². The van der Waals surface area contributed by atoms with Crippen molar-refractivity contribution >= 4 is 11.8 Å². The number of alkyl halides is 3. The van der Waals surface area contributed by atoms with Crippen LogP contribution in [0.4, 0.5) is 13.2 Å². The number of rotatable bonds is 5. The van der Waals surface area contributed by atoms with Gasteiger partial charge in [0.15, 0.2) is 5.76 Å². The van der Waals surface area contributed by atoms with E-state index in [1.165, 1.54) is 35.4 Å². The highest BCUT2D eigenvalue weighted by Crippen LogP contribution is 2.27. The van der Waals surface area contributed by atoms with Gasteiger partial charge in [-0.3, -0.25) is 9.59 Å². The Morgan fingerprint density at radius 3 is 2.47 bits per heavy atom. The van der Waals surface area contributed by atoms with E-state index in [0.29, 0.717) is 0 Å². The van der Waals surface area contributed by atoms with Gasteiger partial charge in [-0.1, -0.05) is 42.5 Å². The number of nitrogens with one attached hydrogen (secondary N) is 1. The average molecular weight is 444 g/mol. The van der Waals surface area contributed by atoms with E-state index < -0.39 is 30.0 Å². The van der Waals surface area contributed by atoms with Gasteiger partial charge in [0.2, 0.25) is 5.91 Å². The van der Waals surface area contributed by atoms with Crippen molar-refractivity contribution in [3.05, 3.63) is 89.4 Å². The standard InChI is InChI=1S/C23H19F3N2O4/c24-23(25,26)32-19-9-4-3-7-16(19)13-27-21(29)18-12-15-6-1-2-8-17(15)14-28(18)22(30)20-10-5-11-31-20/h1-11,18H,12-14H2,(H,27,29). The second kappa shape index (κ2) is 8.78. The van der Waals surface area contributed by atoms with Crippen molar-refractivity contribution in [1.29, 1.82) is 0 Å². The van der Waals surface area contributed by atoms with Crippen LogP contribution in [0.15, 0.2) is 71.3 Å². The Labute approximate surface area is 181 Å². The van der Waals surface area contributed by atoms with E-state index in [4.69, 9.17) is 4.42 Å². The van der Waals surface area contributed by atoms with Crippen molar-refractivity contribution < 1.29 is 31.9 Å². The van der Waals surface area contributed by atoms with E-state index in [2.05, 4.69) is 10.1 Å². The van der Waals surface area contributed by atoms with Crippen molar-refractivity contribution in [1.82, 2.24) is 10.2 Å². The minimum Gasteiger partial charge on any atom is -0.459 e. The van der Waals surface area contributed by atoms with Crippen LogP contribution in [0, 0.1) is 0 Å². The van der Waals surface area contributed by atoms with Crippen LogP contribution in [0.25, 0.3) is 0 Å². The molecule has 2 heterocycles. The Kier molecular flexibility index (Phi) is 5.89. The molecule has 4 rings (SSSR count). The maximum Gasteiger partial charge on any atom is 0.573 e. The van der Waals surface area contributed by atoms with Crippen molar-refractivity contribution in [3.63, 3.8) is 0 Å². The first-order chi connectivity index (χ1) is 15.3. The van der Waals surface area contributed by atoms with Crippen molar-refractivity contribution in [2.45, 2.75) is 31.9 Å². The molecule has 166 valence electrons. The molecule has 0 saturated heterocycles. The first-order valence-corrected chi connectivity index (χ1v) is 9.84. The van der Waals surface area contributed by atoms with Gasteiger partial charge in [-0.15, -0.1) is 13.2 Å². The SMILES string of the molecule is O=C(NCc1ccccc1OC(F)(F)F)C1Cc2ccccc2CN1C(=O)c1ccco1. The van der Waals surface area contributed by atoms with Gasteiger partial charge < -0.3 is 19.4 Å². The third-order valence-electron chi connectivity index (χ3n) is 5.20. The molecular formula is C23H19F3N2O4. The zero-order valence-corrected chi connectivity index (χ0v) is 16.8. The second-order valence-electron chi connectivity index (χ2n) is 7.27. The van der Waals surface area contributed by atoms with Gasteiger partial charge in [-0.2, -0.15) is 0 Å². The number of furan rings is 1. The van der Waals surface area contributed by atoms with Crippen LogP contribution >= 0.6 is 0 Å². The molecule has 0 bridgehead atoms. The lowest BCUT2D eigenvalue weighted by atomic mass is 9.93. The second-order valence-corrected chi connectivity index (χ2v) is 7.27. The van der Waals surface area contributed by atoms with Crippen molar-refractivity contribution in [2.24, 2.45) is 0 Å². The number of benzene rings is 2. The molecule has 1 atom stereocenters. The molecule has 1 aliphatic rings. The van der Waals surface area contributed by atoms with Crippen molar-refractivity contribution in [3.8, 4) is 5.75 Å². The number of carbonyl (C=O) groups excluding carboxylic acids is 2. The molecule has 0 aliphatic carbocycles. The van der Waals surface area contributed by atoms with Gasteiger partial charge in [0.1, 0.15) is 11.8 Å². The third kappa shape index (κ3) is 4.77. The molecule has 2 amide bonds. The molecule has 3 aromatic rings. The molecule has 9 heteroatoms. The van der Waals surface area contributed by atoms with Gasteiger partial charge >= 0.3 is 6.36 Å². The minimum atomic E-state index is -4.85. The summed E-state index contributed by atoms with van der Waals surface area (Å²) in [5.74, 6) is -1.21. The largest absolute Gasteiger partial charge is 0.573 e. The van der Waals surface area contributed by atoms with Crippen LogP contribution in [0.1, 0.15) is 27.2 Å². The summed E-state index contributed by atoms with van der Waals surface area (Å²) in [5.41, 5.74) is 2.01. The molecule has 6 nitrogen and oxygen atoms in total. The molecule has 1 N–H and O–H groups in total. The summed E-state index contributed by atoms with van der Waals surface area (Å²) in [6.07, 6.45) is -3.20. The Balaban J connectivity index is 1.54. The monoisotopic (exact) mass is 444 g/mol. The minimum absolute atomic E-state index is 0.103. The fourth-order valence-electron chi connectivity index (χ4n) is 3.69. The van der Waals surface area contributed by atoms with Gasteiger partial charge in [0.25, 0.3) is 5.91 Å². The van der Waals surface area contributed by atoms with E-state index in [-0.39, 0.29) is 30.8 Å². The van der Waals surface area contributed by atoms with Gasteiger partial charge in [-0.05, 0) is 29.3 Å². The summed E-state index contributed by atoms with van der Waals surface area (Å²) in [5, 5.41) is 2.65. The molecule has 1 aromatic heterocycles. The lowest BCUT2D eigenvalue weighted by Crippen LogP contribution is -2.52. The summed E-state index contributed by atoms with van der Waals surface area (Å²) < 4.78 is 47.2. The number of para-hydroxylation sites is 1. The highest BCUT2D eigenvalue weighted by Gasteiger charge is 2.36. The number of carbonyl (C=O) groups is 2. The van der Waals surface area contributed by atoms with Crippen LogP contribution in [-0.2, 0) is 24.3 Å². The Morgan fingerprint density at radius 1 is 1.03 bits per heavy atom. The Hall–Kier alpha value is -3.75. The summed E-state index contributed by atoms with van der Waals surface area (Å²) >= 11 is 0. The normalized spacial score (nSPS) is 15.7. The molecule has 0 spiro atoms. The maximum absolute atomic E-state index is 13.1. The van der Waals surface area contributed by atoms with E-state index in [1.807, 2.05) is 24.3 Å². The number of hydrogen-bond acceptors (Lipinski definition) is 4. The summed E-state index contributed by atoms with van der Waals surface area (Å²) in [7, 11) is 0. The van der Waals surface area contributed by atoms with Crippen LogP contribution in [0.2, 0.25) is 0 Å². The van der Waals surface area contributed by atoms with E-state index >= 15 is 0 Å². The topological polar surface area (TPSA) is 71.8 Å². The molecule has 0 fully saturated rings. The molecule has 1 aliphatic heterocycles. The number of nitrogens with zero attached hydrogens (tertiary/aromatic N) is 1. The van der Waals surface area contributed by atoms with E-state index in [1.54, 1.807) is 12.1 Å². The number of halogens is 3. The Morgan fingerprint density at radius 2 is 1.75 bits per heavy atom. The third-order valence-corrected chi connectivity index (χ3v) is 5.20. The number of fused-ring (bicyclic) bond motifs is 1. The van der Waals surface area contributed by atoms with Crippen molar-refractivity contribution in [2.75, 3.05) is 0 Å². The van der Waals surface area contributed by atoms with Crippen LogP contribution in [-0.4, -0.2) is 29.1 Å². The fraction of sp³-hybridized carbons (Fsp3) is 0.217. The molecule has 2 aromatic carbocycles. The summed E-state index contributed by atoms with van der Waals surface area (Å²) in [6.45, 7) is 0.0214. The smallest absolute Gasteiger partial charge is 0.459 e. The number of amides is 2. The van der Waals surface area contributed by atoms with Crippen LogP contribution in [0.5, 0.6) is 5.75 Å². The highest BCUT2D eigenvalue weighted by atomic mass is 19.4. The molecule has 0 radical (unpaired) electrons. The van der Waals surface area contributed by atoms with Gasteiger partial charge in [0, 0.05) is 25.1 Å². The van der Waals surface area contributed by atoms with E-state index in [0.717, 1.165) is 11.1 Å². The maximum atomic E-state index is 13.1. The van der Waals surface area contributed by atoms with Crippen LogP contribution in [0.3, 0.4) is 0 Å².